The average Bonchev–Trinajstić information content (AvgIpc) is 2.67. The molecule has 1 saturated carbocycles. The van der Waals surface area contributed by atoms with Gasteiger partial charge in [0.25, 0.3) is 0 Å². The molecule has 1 aromatic rings. The lowest BCUT2D eigenvalue weighted by Gasteiger charge is -2.25. The minimum absolute atomic E-state index is 0.0722. The van der Waals surface area contributed by atoms with Crippen LogP contribution in [0.3, 0.4) is 0 Å². The van der Waals surface area contributed by atoms with Gasteiger partial charge in [-0.2, -0.15) is 11.8 Å². The van der Waals surface area contributed by atoms with E-state index in [-0.39, 0.29) is 18.2 Å². The Balaban J connectivity index is 1.49. The molecule has 0 saturated heterocycles. The average molecular weight is 377 g/mol. The third-order valence-corrected chi connectivity index (χ3v) is 6.61. The summed E-state index contributed by atoms with van der Waals surface area (Å²) in [6.07, 6.45) is 7.94. The molecule has 0 bridgehead atoms. The SMILES string of the molecule is COc1ccc2c(c1)[C@@H](C(=O)NCCCSC1CCCCC1)CC(=O)N2. The highest BCUT2D eigenvalue weighted by Gasteiger charge is 2.30. The van der Waals surface area contributed by atoms with Gasteiger partial charge >= 0.3 is 0 Å². The number of ether oxygens (including phenoxy) is 1. The molecule has 1 aromatic carbocycles. The van der Waals surface area contributed by atoms with E-state index in [1.165, 1.54) is 32.1 Å². The number of anilines is 1. The third-order valence-electron chi connectivity index (χ3n) is 5.14. The number of fused-ring (bicyclic) bond motifs is 1. The molecule has 5 nitrogen and oxygen atoms in total. The lowest BCUT2D eigenvalue weighted by molar-refractivity contribution is -0.126. The van der Waals surface area contributed by atoms with Gasteiger partial charge in [0.05, 0.1) is 13.0 Å². The summed E-state index contributed by atoms with van der Waals surface area (Å²) in [6.45, 7) is 0.663. The van der Waals surface area contributed by atoms with Crippen molar-refractivity contribution in [2.45, 2.75) is 56.1 Å². The van der Waals surface area contributed by atoms with Crippen molar-refractivity contribution in [3.8, 4) is 5.75 Å². The predicted molar refractivity (Wildman–Crippen MR) is 106 cm³/mol. The van der Waals surface area contributed by atoms with Crippen molar-refractivity contribution in [3.05, 3.63) is 23.8 Å². The highest BCUT2D eigenvalue weighted by molar-refractivity contribution is 7.99. The first-order valence-electron chi connectivity index (χ1n) is 9.54. The van der Waals surface area contributed by atoms with Crippen LogP contribution in [0.15, 0.2) is 18.2 Å². The van der Waals surface area contributed by atoms with Crippen LogP contribution in [0, 0.1) is 0 Å². The van der Waals surface area contributed by atoms with Crippen molar-refractivity contribution in [1.82, 2.24) is 5.32 Å². The number of thioether (sulfide) groups is 1. The molecule has 1 heterocycles. The van der Waals surface area contributed by atoms with Gasteiger partial charge in [0, 0.05) is 23.9 Å². The van der Waals surface area contributed by atoms with Gasteiger partial charge in [-0.1, -0.05) is 19.3 Å². The second kappa shape index (κ2) is 9.31. The molecule has 0 unspecified atom stereocenters. The maximum absolute atomic E-state index is 12.6. The molecule has 1 aliphatic heterocycles. The van der Waals surface area contributed by atoms with E-state index < -0.39 is 5.92 Å². The monoisotopic (exact) mass is 376 g/mol. The van der Waals surface area contributed by atoms with E-state index in [2.05, 4.69) is 10.6 Å². The summed E-state index contributed by atoms with van der Waals surface area (Å²) in [5.74, 6) is 1.15. The van der Waals surface area contributed by atoms with Crippen molar-refractivity contribution < 1.29 is 14.3 Å². The predicted octanol–water partition coefficient (Wildman–Crippen LogP) is 3.69. The van der Waals surface area contributed by atoms with Crippen LogP contribution in [0.2, 0.25) is 0 Å². The number of amides is 2. The van der Waals surface area contributed by atoms with E-state index in [4.69, 9.17) is 4.74 Å². The zero-order valence-electron chi connectivity index (χ0n) is 15.4. The normalized spacial score (nSPS) is 20.2. The topological polar surface area (TPSA) is 67.4 Å². The number of hydrogen-bond donors (Lipinski definition) is 2. The molecule has 2 aliphatic rings. The highest BCUT2D eigenvalue weighted by Crippen LogP contribution is 2.35. The number of methoxy groups -OCH3 is 1. The molecule has 0 aromatic heterocycles. The lowest BCUT2D eigenvalue weighted by atomic mass is 9.89. The molecular weight excluding hydrogens is 348 g/mol. The molecule has 0 spiro atoms. The number of carbonyl (C=O) groups excluding carboxylic acids is 2. The van der Waals surface area contributed by atoms with E-state index >= 15 is 0 Å². The molecule has 1 atom stereocenters. The number of hydrogen-bond acceptors (Lipinski definition) is 4. The quantitative estimate of drug-likeness (QED) is 0.712. The summed E-state index contributed by atoms with van der Waals surface area (Å²) in [6, 6.07) is 5.44. The standard InChI is InChI=1S/C20H28N2O3S/c1-25-14-8-9-18-16(12-14)17(13-19(23)22-18)20(24)21-10-5-11-26-15-6-3-2-4-7-15/h8-9,12,15,17H,2-7,10-11,13H2,1H3,(H,21,24)(H,22,23)/t17-/m0/s1. The third kappa shape index (κ3) is 4.93. The van der Waals surface area contributed by atoms with Gasteiger partial charge in [0.2, 0.25) is 11.8 Å². The van der Waals surface area contributed by atoms with Crippen molar-refractivity contribution in [1.29, 1.82) is 0 Å². The molecule has 1 fully saturated rings. The van der Waals surface area contributed by atoms with Crippen LogP contribution in [-0.4, -0.2) is 36.5 Å². The minimum Gasteiger partial charge on any atom is -0.497 e. The van der Waals surface area contributed by atoms with Gasteiger partial charge in [-0.15, -0.1) is 0 Å². The fourth-order valence-electron chi connectivity index (χ4n) is 3.69. The van der Waals surface area contributed by atoms with Crippen molar-refractivity contribution >= 4 is 29.3 Å². The first-order valence-corrected chi connectivity index (χ1v) is 10.6. The maximum Gasteiger partial charge on any atom is 0.228 e. The molecule has 2 amide bonds. The zero-order chi connectivity index (χ0) is 18.4. The van der Waals surface area contributed by atoms with Gasteiger partial charge in [-0.05, 0) is 48.8 Å². The first-order chi connectivity index (χ1) is 12.7. The summed E-state index contributed by atoms with van der Waals surface area (Å²) >= 11 is 2.05. The van der Waals surface area contributed by atoms with Gasteiger partial charge in [-0.25, -0.2) is 0 Å². The Bertz CT molecular complexity index is 644. The fourth-order valence-corrected chi connectivity index (χ4v) is 5.00. The molecule has 26 heavy (non-hydrogen) atoms. The van der Waals surface area contributed by atoms with Gasteiger partial charge in [0.1, 0.15) is 5.75 Å². The Morgan fingerprint density at radius 1 is 1.31 bits per heavy atom. The Morgan fingerprint density at radius 2 is 2.12 bits per heavy atom. The van der Waals surface area contributed by atoms with Crippen LogP contribution in [-0.2, 0) is 9.59 Å². The van der Waals surface area contributed by atoms with E-state index in [0.29, 0.717) is 18.0 Å². The molecule has 0 radical (unpaired) electrons. The van der Waals surface area contributed by atoms with Crippen LogP contribution in [0.1, 0.15) is 56.4 Å². The Hall–Kier alpha value is -1.69. The zero-order valence-corrected chi connectivity index (χ0v) is 16.2. The van der Waals surface area contributed by atoms with Crippen molar-refractivity contribution in [3.63, 3.8) is 0 Å². The summed E-state index contributed by atoms with van der Waals surface area (Å²) < 4.78 is 5.26. The second-order valence-electron chi connectivity index (χ2n) is 7.03. The van der Waals surface area contributed by atoms with E-state index in [1.54, 1.807) is 19.2 Å². The summed E-state index contributed by atoms with van der Waals surface area (Å²) in [5, 5.41) is 6.65. The Labute approximate surface area is 159 Å². The van der Waals surface area contributed by atoms with Gasteiger partial charge in [0.15, 0.2) is 0 Å². The number of carbonyl (C=O) groups is 2. The van der Waals surface area contributed by atoms with Crippen LogP contribution >= 0.6 is 11.8 Å². The molecule has 1 aliphatic carbocycles. The van der Waals surface area contributed by atoms with Crippen molar-refractivity contribution in [2.24, 2.45) is 0 Å². The van der Waals surface area contributed by atoms with E-state index in [9.17, 15) is 9.59 Å². The molecule has 3 rings (SSSR count). The molecule has 142 valence electrons. The lowest BCUT2D eigenvalue weighted by Crippen LogP contribution is -2.35. The largest absolute Gasteiger partial charge is 0.497 e. The number of benzene rings is 1. The molecular formula is C20H28N2O3S. The highest BCUT2D eigenvalue weighted by atomic mass is 32.2. The smallest absolute Gasteiger partial charge is 0.228 e. The van der Waals surface area contributed by atoms with E-state index in [0.717, 1.165) is 23.0 Å². The van der Waals surface area contributed by atoms with Crippen molar-refractivity contribution in [2.75, 3.05) is 24.7 Å². The summed E-state index contributed by atoms with van der Waals surface area (Å²) in [7, 11) is 1.60. The van der Waals surface area contributed by atoms with Crippen LogP contribution in [0.5, 0.6) is 5.75 Å². The van der Waals surface area contributed by atoms with Crippen LogP contribution in [0.4, 0.5) is 5.69 Å². The summed E-state index contributed by atoms with van der Waals surface area (Å²) in [4.78, 5) is 24.6. The van der Waals surface area contributed by atoms with Crippen LogP contribution < -0.4 is 15.4 Å². The molecule has 2 N–H and O–H groups in total. The Morgan fingerprint density at radius 3 is 2.88 bits per heavy atom. The van der Waals surface area contributed by atoms with Crippen LogP contribution in [0.25, 0.3) is 0 Å². The maximum atomic E-state index is 12.6. The Kier molecular flexibility index (Phi) is 6.83. The van der Waals surface area contributed by atoms with Gasteiger partial charge < -0.3 is 15.4 Å². The fraction of sp³-hybridized carbons (Fsp3) is 0.600. The molecule has 6 heteroatoms. The number of nitrogens with one attached hydrogen (secondary N) is 2. The minimum atomic E-state index is -0.445. The number of rotatable bonds is 7. The van der Waals surface area contributed by atoms with E-state index in [1.807, 2.05) is 17.8 Å². The summed E-state index contributed by atoms with van der Waals surface area (Å²) in [5.41, 5.74) is 1.54. The second-order valence-corrected chi connectivity index (χ2v) is 8.44. The van der Waals surface area contributed by atoms with Gasteiger partial charge in [-0.3, -0.25) is 9.59 Å². The first kappa shape index (κ1) is 19.1.